The number of nitriles is 1. The number of likely N-dealkylation sites (tertiary alicyclic amines) is 1. The van der Waals surface area contributed by atoms with Crippen molar-refractivity contribution in [2.75, 3.05) is 23.4 Å². The first-order valence-corrected chi connectivity index (χ1v) is 19.9. The third-order valence-corrected chi connectivity index (χ3v) is 12.4. The van der Waals surface area contributed by atoms with Crippen LogP contribution in [0.5, 0.6) is 0 Å². The van der Waals surface area contributed by atoms with Crippen LogP contribution >= 0.6 is 25.0 Å². The monoisotopic (exact) mass is 833 g/mol. The smallest absolute Gasteiger partial charge is 0.378 e. The fourth-order valence-corrected chi connectivity index (χ4v) is 9.78. The van der Waals surface area contributed by atoms with E-state index in [1.165, 1.54) is 11.0 Å². The largest absolute Gasteiger partial charge is 0.417 e. The van der Waals surface area contributed by atoms with Gasteiger partial charge < -0.3 is 10.1 Å². The molecule has 310 valence electrons. The first kappa shape index (κ1) is 44.4. The summed E-state index contributed by atoms with van der Waals surface area (Å²) in [7, 11) is 0. The van der Waals surface area contributed by atoms with E-state index in [9.17, 15) is 37.6 Å². The molecule has 17 heteroatoms. The molecule has 3 saturated heterocycles. The summed E-state index contributed by atoms with van der Waals surface area (Å²) in [6, 6.07) is 8.74. The van der Waals surface area contributed by atoms with E-state index in [1.807, 2.05) is 4.90 Å². The number of hydrogen-bond donors (Lipinski definition) is 3. The number of amides is 4. The molecule has 3 aliphatic heterocycles. The van der Waals surface area contributed by atoms with Gasteiger partial charge in [0.25, 0.3) is 0 Å². The van der Waals surface area contributed by atoms with Crippen molar-refractivity contribution >= 4 is 60.0 Å². The van der Waals surface area contributed by atoms with Gasteiger partial charge in [-0.15, -0.1) is 25.0 Å². The van der Waals surface area contributed by atoms with Crippen LogP contribution in [0.25, 0.3) is 0 Å². The number of hydrogen-bond acceptors (Lipinski definition) is 10. The summed E-state index contributed by atoms with van der Waals surface area (Å²) in [6.07, 6.45) is 3.42. The molecule has 1 saturated carbocycles. The average molecular weight is 834 g/mol. The number of nitrogens with one attached hydrogen (secondary N) is 2. The molecule has 57 heavy (non-hydrogen) atoms. The van der Waals surface area contributed by atoms with Crippen LogP contribution in [0, 0.1) is 17.2 Å². The number of carbonyl (C=O) groups excluding carboxylic acids is 4. The van der Waals surface area contributed by atoms with Crippen molar-refractivity contribution in [3.05, 3.63) is 53.3 Å². The highest BCUT2D eigenvalue weighted by atomic mass is 35.5. The topological polar surface area (TPSA) is 148 Å². The molecule has 4 heterocycles. The quantitative estimate of drug-likeness (QED) is 0.183. The lowest BCUT2D eigenvalue weighted by Gasteiger charge is -2.43. The van der Waals surface area contributed by atoms with Gasteiger partial charge >= 0.3 is 6.18 Å². The lowest BCUT2D eigenvalue weighted by atomic mass is 9.85. The van der Waals surface area contributed by atoms with Crippen molar-refractivity contribution in [1.29, 1.82) is 5.26 Å². The maximum absolute atomic E-state index is 13.7. The molecule has 4 aliphatic rings. The maximum Gasteiger partial charge on any atom is 0.417 e. The number of alkyl halides is 3. The minimum absolute atomic E-state index is 0. The number of aromatic nitrogens is 1. The number of nitrogens with zero attached hydrogens (tertiary/aromatic N) is 5. The summed E-state index contributed by atoms with van der Waals surface area (Å²) in [4.78, 5) is 60.2. The Morgan fingerprint density at radius 1 is 1.07 bits per heavy atom. The van der Waals surface area contributed by atoms with Gasteiger partial charge in [-0.3, -0.25) is 44.2 Å². The molecule has 4 unspecified atom stereocenters. The lowest BCUT2D eigenvalue weighted by Crippen LogP contribution is -2.52. The molecule has 0 radical (unpaired) electrons. The zero-order valence-electron chi connectivity index (χ0n) is 32.6. The number of piperidine rings is 2. The van der Waals surface area contributed by atoms with Gasteiger partial charge in [0.1, 0.15) is 5.50 Å². The van der Waals surface area contributed by atoms with Gasteiger partial charge in [0.2, 0.25) is 23.6 Å². The van der Waals surface area contributed by atoms with Crippen LogP contribution in [0.4, 0.5) is 24.5 Å². The summed E-state index contributed by atoms with van der Waals surface area (Å²) in [6.45, 7) is 8.71. The molecule has 6 rings (SSSR count). The normalized spacial score (nSPS) is 28.4. The molecule has 12 nitrogen and oxygen atoms in total. The molecule has 1 aromatic heterocycles. The molecule has 0 spiro atoms. The highest BCUT2D eigenvalue weighted by Gasteiger charge is 2.54. The van der Waals surface area contributed by atoms with Crippen molar-refractivity contribution in [1.82, 2.24) is 20.1 Å². The fourth-order valence-electron chi connectivity index (χ4n) is 9.07. The Morgan fingerprint density at radius 3 is 2.35 bits per heavy atom. The summed E-state index contributed by atoms with van der Waals surface area (Å²) in [5.74, 6) is -1.15. The van der Waals surface area contributed by atoms with E-state index < -0.39 is 34.3 Å². The van der Waals surface area contributed by atoms with Crippen molar-refractivity contribution in [3.63, 3.8) is 0 Å². The Kier molecular flexibility index (Phi) is 14.0. The number of anilines is 2. The predicted octanol–water partition coefficient (Wildman–Crippen LogP) is 6.40. The van der Waals surface area contributed by atoms with Crippen molar-refractivity contribution in [3.8, 4) is 6.07 Å². The number of halogens is 4. The zero-order valence-corrected chi connectivity index (χ0v) is 34.3. The van der Waals surface area contributed by atoms with Crippen LogP contribution in [0.1, 0.15) is 108 Å². The van der Waals surface area contributed by atoms with E-state index >= 15 is 0 Å². The molecule has 4 fully saturated rings. The first-order valence-electron chi connectivity index (χ1n) is 19.4. The zero-order chi connectivity index (χ0) is 40.5. The third kappa shape index (κ3) is 9.76. The summed E-state index contributed by atoms with van der Waals surface area (Å²) < 4.78 is 47.6. The van der Waals surface area contributed by atoms with Crippen LogP contribution in [-0.2, 0) is 30.1 Å². The Bertz CT molecular complexity index is 1840. The van der Waals surface area contributed by atoms with Gasteiger partial charge in [0.15, 0.2) is 0 Å². The maximum atomic E-state index is 13.7. The molecule has 1 aromatic carbocycles. The standard InChI is InChI=1S/C40H50F3N7O5S.ClH/c1-23-17-25(18-24(2)48(23)22-35(52)46-27-6-13-33(45-21-27)31-12-14-34(51)47-36(31)53)15-16-55-30-10-8-28(9-11-30)50-38(56)49(37(54)39(50,3)4)29-7-5-26(20-44)32(19-29)40(41,42)43;/h5-7,13,19,21,23-25,28,30-31,38,56H,8-12,14-18,22H2,1-4H3,(H,46,52)(H,47,51,53);1H. The van der Waals surface area contributed by atoms with Gasteiger partial charge in [-0.1, -0.05) is 0 Å². The number of imide groups is 1. The molecule has 2 aromatic rings. The van der Waals surface area contributed by atoms with Gasteiger partial charge in [-0.2, -0.15) is 18.4 Å². The van der Waals surface area contributed by atoms with Crippen molar-refractivity contribution in [2.45, 2.75) is 133 Å². The van der Waals surface area contributed by atoms with Crippen LogP contribution in [0.2, 0.25) is 0 Å². The number of ether oxygens (including phenoxy) is 1. The van der Waals surface area contributed by atoms with E-state index in [0.717, 1.165) is 57.1 Å². The second-order valence-electron chi connectivity index (χ2n) is 16.1. The van der Waals surface area contributed by atoms with Crippen LogP contribution in [0.15, 0.2) is 36.5 Å². The number of carbonyl (C=O) groups is 4. The molecule has 2 N–H and O–H groups in total. The Labute approximate surface area is 343 Å². The minimum Gasteiger partial charge on any atom is -0.378 e. The van der Waals surface area contributed by atoms with Crippen LogP contribution in [0.3, 0.4) is 0 Å². The van der Waals surface area contributed by atoms with E-state index in [1.54, 1.807) is 38.2 Å². The number of thiol groups is 1. The number of benzene rings is 1. The Balaban J connectivity index is 0.00000620. The molecule has 4 atom stereocenters. The highest BCUT2D eigenvalue weighted by molar-refractivity contribution is 7.81. The van der Waals surface area contributed by atoms with E-state index in [2.05, 4.69) is 34.4 Å². The second-order valence-corrected chi connectivity index (χ2v) is 16.6. The number of pyridine rings is 1. The fraction of sp³-hybridized carbons (Fsp3) is 0.600. The summed E-state index contributed by atoms with van der Waals surface area (Å²) in [5.41, 5.74) is -2.19. The molecule has 0 bridgehead atoms. The first-order chi connectivity index (χ1) is 26.5. The van der Waals surface area contributed by atoms with Crippen molar-refractivity contribution in [2.24, 2.45) is 5.92 Å². The second kappa shape index (κ2) is 18.0. The van der Waals surface area contributed by atoms with Gasteiger partial charge in [-0.25, -0.2) is 0 Å². The van der Waals surface area contributed by atoms with Crippen LogP contribution < -0.4 is 15.5 Å². The van der Waals surface area contributed by atoms with Gasteiger partial charge in [0.05, 0.1) is 58.9 Å². The minimum atomic E-state index is -4.74. The Morgan fingerprint density at radius 2 is 1.75 bits per heavy atom. The molecule has 1 aliphatic carbocycles. The summed E-state index contributed by atoms with van der Waals surface area (Å²) in [5, 5.41) is 14.5. The number of rotatable bonds is 10. The lowest BCUT2D eigenvalue weighted by molar-refractivity contribution is -0.138. The SMILES string of the molecule is CC1CC(CCOC2CCC(N3C(S)N(c4ccc(C#N)c(C(F)(F)F)c4)C(=O)C3(C)C)CC2)CC(C)N1CC(=O)Nc1ccc(C2CCC(=O)NC2=O)nc1.Cl. The van der Waals surface area contributed by atoms with Crippen molar-refractivity contribution < 1.29 is 37.1 Å². The van der Waals surface area contributed by atoms with E-state index in [0.29, 0.717) is 30.3 Å². The summed E-state index contributed by atoms with van der Waals surface area (Å²) >= 11 is 4.76. The highest BCUT2D eigenvalue weighted by Crippen LogP contribution is 2.43. The molecule has 4 amide bonds. The van der Waals surface area contributed by atoms with Crippen LogP contribution in [-0.4, -0.2) is 86.8 Å². The Hall–Kier alpha value is -3.75. The molecular weight excluding hydrogens is 783 g/mol. The third-order valence-electron chi connectivity index (χ3n) is 12.0. The van der Waals surface area contributed by atoms with E-state index in [4.69, 9.17) is 17.4 Å². The predicted molar refractivity (Wildman–Crippen MR) is 213 cm³/mol. The van der Waals surface area contributed by atoms with E-state index in [-0.39, 0.29) is 78.9 Å². The van der Waals surface area contributed by atoms with Gasteiger partial charge in [-0.05, 0) is 115 Å². The van der Waals surface area contributed by atoms with Gasteiger partial charge in [0, 0.05) is 36.8 Å². The average Bonchev–Trinajstić information content (AvgIpc) is 3.32. The molecular formula is C40H51ClF3N7O5S.